The number of aromatic nitrogens is 1. The molecule has 2 rings (SSSR count). The van der Waals surface area contributed by atoms with E-state index in [9.17, 15) is 13.2 Å². The number of nitrogens with two attached hydrogens (primary N) is 1. The van der Waals surface area contributed by atoms with E-state index in [-0.39, 0.29) is 10.8 Å². The quantitative estimate of drug-likeness (QED) is 0.839. The van der Waals surface area contributed by atoms with Crippen molar-refractivity contribution in [3.8, 4) is 0 Å². The van der Waals surface area contributed by atoms with E-state index >= 15 is 0 Å². The number of alkyl halides is 3. The molecule has 8 heteroatoms. The molecule has 1 aliphatic heterocycles. The molecule has 1 aromatic rings. The van der Waals surface area contributed by atoms with Gasteiger partial charge in [-0.05, 0) is 12.1 Å². The largest absolute Gasteiger partial charge is 0.433 e. The van der Waals surface area contributed by atoms with E-state index in [0.29, 0.717) is 19.7 Å². The summed E-state index contributed by atoms with van der Waals surface area (Å²) in [5, 5.41) is 0. The zero-order valence-corrected chi connectivity index (χ0v) is 10.7. The van der Waals surface area contributed by atoms with Crippen molar-refractivity contribution in [2.45, 2.75) is 12.3 Å². The molecule has 0 bridgehead atoms. The highest BCUT2D eigenvalue weighted by Gasteiger charge is 2.33. The summed E-state index contributed by atoms with van der Waals surface area (Å²) in [6.07, 6.45) is -4.91. The number of morpholine rings is 1. The molecule has 0 amide bonds. The van der Waals surface area contributed by atoms with Crippen LogP contribution in [0.4, 0.5) is 19.0 Å². The topological polar surface area (TPSA) is 51.4 Å². The van der Waals surface area contributed by atoms with E-state index in [0.717, 1.165) is 6.07 Å². The van der Waals surface area contributed by atoms with Gasteiger partial charge in [-0.3, -0.25) is 0 Å². The van der Waals surface area contributed by atoms with Crippen molar-refractivity contribution in [2.24, 2.45) is 5.73 Å². The summed E-state index contributed by atoms with van der Waals surface area (Å²) in [6.45, 7) is 1.11. The molecule has 1 fully saturated rings. The maximum absolute atomic E-state index is 12.6. The first-order valence-electron chi connectivity index (χ1n) is 5.58. The number of ether oxygens (including phenoxy) is 1. The first kappa shape index (κ1) is 14.0. The highest BCUT2D eigenvalue weighted by atomic mass is 32.1. The third-order valence-corrected chi connectivity index (χ3v) is 3.00. The van der Waals surface area contributed by atoms with Crippen molar-refractivity contribution < 1.29 is 17.9 Å². The normalized spacial score (nSPS) is 20.4. The van der Waals surface area contributed by atoms with Crippen LogP contribution in [0.15, 0.2) is 18.2 Å². The maximum Gasteiger partial charge on any atom is 0.433 e. The molecule has 0 saturated carbocycles. The second kappa shape index (κ2) is 5.30. The number of anilines is 1. The Morgan fingerprint density at radius 3 is 2.84 bits per heavy atom. The van der Waals surface area contributed by atoms with Gasteiger partial charge < -0.3 is 15.4 Å². The summed E-state index contributed by atoms with van der Waals surface area (Å²) in [5.74, 6) is 0.249. The van der Waals surface area contributed by atoms with Crippen molar-refractivity contribution in [3.05, 3.63) is 23.9 Å². The highest BCUT2D eigenvalue weighted by molar-refractivity contribution is 7.80. The maximum atomic E-state index is 12.6. The van der Waals surface area contributed by atoms with Crippen molar-refractivity contribution >= 4 is 23.0 Å². The van der Waals surface area contributed by atoms with Gasteiger partial charge >= 0.3 is 6.18 Å². The summed E-state index contributed by atoms with van der Waals surface area (Å²) in [5.41, 5.74) is 4.57. The van der Waals surface area contributed by atoms with Gasteiger partial charge in [0, 0.05) is 6.54 Å². The van der Waals surface area contributed by atoms with Gasteiger partial charge in [0.2, 0.25) is 0 Å². The fourth-order valence-corrected chi connectivity index (χ4v) is 1.93. The molecular weight excluding hydrogens is 279 g/mol. The number of nitrogens with zero attached hydrogens (tertiary/aromatic N) is 2. The molecule has 1 saturated heterocycles. The summed E-state index contributed by atoms with van der Waals surface area (Å²) >= 11 is 4.83. The van der Waals surface area contributed by atoms with Crippen LogP contribution in [0, 0.1) is 0 Å². The van der Waals surface area contributed by atoms with E-state index in [1.54, 1.807) is 4.90 Å². The molecule has 2 N–H and O–H groups in total. The van der Waals surface area contributed by atoms with Gasteiger partial charge in [-0.25, -0.2) is 4.98 Å². The average Bonchev–Trinajstić information content (AvgIpc) is 2.38. The molecular formula is C11H12F3N3OS. The van der Waals surface area contributed by atoms with Crippen LogP contribution in [0.1, 0.15) is 5.69 Å². The van der Waals surface area contributed by atoms with Crippen LogP contribution in [-0.2, 0) is 10.9 Å². The first-order valence-corrected chi connectivity index (χ1v) is 5.99. The molecule has 0 radical (unpaired) electrons. The van der Waals surface area contributed by atoms with Gasteiger partial charge in [0.25, 0.3) is 0 Å². The average molecular weight is 291 g/mol. The molecule has 104 valence electrons. The van der Waals surface area contributed by atoms with Crippen molar-refractivity contribution in [1.82, 2.24) is 4.98 Å². The molecule has 2 heterocycles. The van der Waals surface area contributed by atoms with Crippen LogP contribution < -0.4 is 10.6 Å². The van der Waals surface area contributed by atoms with Gasteiger partial charge in [-0.1, -0.05) is 18.3 Å². The smallest absolute Gasteiger partial charge is 0.391 e. The Morgan fingerprint density at radius 2 is 2.21 bits per heavy atom. The van der Waals surface area contributed by atoms with Crippen LogP contribution in [0.2, 0.25) is 0 Å². The van der Waals surface area contributed by atoms with E-state index in [1.807, 2.05) is 0 Å². The first-order chi connectivity index (χ1) is 8.88. The molecule has 1 unspecified atom stereocenters. The van der Waals surface area contributed by atoms with Gasteiger partial charge in [0.05, 0.1) is 13.2 Å². The van der Waals surface area contributed by atoms with Crippen molar-refractivity contribution in [2.75, 3.05) is 24.6 Å². The minimum Gasteiger partial charge on any atom is -0.391 e. The lowest BCUT2D eigenvalue weighted by molar-refractivity contribution is -0.141. The fourth-order valence-electron chi connectivity index (χ4n) is 1.79. The molecule has 4 nitrogen and oxygen atoms in total. The van der Waals surface area contributed by atoms with Crippen LogP contribution >= 0.6 is 12.2 Å². The summed E-state index contributed by atoms with van der Waals surface area (Å²) in [6, 6.07) is 3.79. The number of pyridine rings is 1. The molecule has 19 heavy (non-hydrogen) atoms. The predicted octanol–water partition coefficient (Wildman–Crippen LogP) is 1.59. The molecule has 0 aromatic carbocycles. The van der Waals surface area contributed by atoms with Crippen LogP contribution in [0.5, 0.6) is 0 Å². The Morgan fingerprint density at radius 1 is 1.47 bits per heavy atom. The molecule has 1 atom stereocenters. The minimum absolute atomic E-state index is 0.191. The zero-order valence-electron chi connectivity index (χ0n) is 9.85. The van der Waals surface area contributed by atoms with Crippen LogP contribution in [0.3, 0.4) is 0 Å². The van der Waals surface area contributed by atoms with Gasteiger partial charge in [0.15, 0.2) is 0 Å². The van der Waals surface area contributed by atoms with E-state index in [1.165, 1.54) is 12.1 Å². The number of rotatable bonds is 2. The second-order valence-electron chi connectivity index (χ2n) is 4.09. The second-order valence-corrected chi connectivity index (χ2v) is 4.56. The number of hydrogen-bond donors (Lipinski definition) is 1. The Balaban J connectivity index is 2.20. The third-order valence-electron chi connectivity index (χ3n) is 2.73. The lowest BCUT2D eigenvalue weighted by Gasteiger charge is -2.33. The standard InChI is InChI=1S/C11H12F3N3OS/c12-11(13,14)8-2-1-3-9(16-8)17-4-5-18-7(6-17)10(15)19/h1-3,7H,4-6H2,(H2,15,19). The number of thiocarbonyl (C=S) groups is 1. The molecule has 1 aromatic heterocycles. The minimum atomic E-state index is -4.45. The predicted molar refractivity (Wildman–Crippen MR) is 68.0 cm³/mol. The summed E-state index contributed by atoms with van der Waals surface area (Å²) in [4.78, 5) is 5.50. The Kier molecular flexibility index (Phi) is 3.91. The fraction of sp³-hybridized carbons (Fsp3) is 0.455. The third kappa shape index (κ3) is 3.32. The van der Waals surface area contributed by atoms with Crippen LogP contribution in [-0.4, -0.2) is 35.8 Å². The van der Waals surface area contributed by atoms with E-state index < -0.39 is 18.0 Å². The lowest BCUT2D eigenvalue weighted by atomic mass is 10.2. The van der Waals surface area contributed by atoms with Gasteiger partial charge in [-0.15, -0.1) is 0 Å². The van der Waals surface area contributed by atoms with E-state index in [4.69, 9.17) is 22.7 Å². The zero-order chi connectivity index (χ0) is 14.0. The monoisotopic (exact) mass is 291 g/mol. The molecule has 0 aliphatic carbocycles. The molecule has 0 spiro atoms. The van der Waals surface area contributed by atoms with Crippen molar-refractivity contribution in [3.63, 3.8) is 0 Å². The summed E-state index contributed by atoms with van der Waals surface area (Å²) < 4.78 is 43.1. The lowest BCUT2D eigenvalue weighted by Crippen LogP contribution is -2.48. The number of halogens is 3. The Labute approximate surface area is 113 Å². The Hall–Kier alpha value is -1.41. The van der Waals surface area contributed by atoms with Gasteiger partial charge in [-0.2, -0.15) is 13.2 Å². The van der Waals surface area contributed by atoms with Crippen molar-refractivity contribution in [1.29, 1.82) is 0 Å². The Bertz CT molecular complexity index is 480. The number of hydrogen-bond acceptors (Lipinski definition) is 4. The molecule has 1 aliphatic rings. The van der Waals surface area contributed by atoms with E-state index in [2.05, 4.69) is 4.98 Å². The van der Waals surface area contributed by atoms with Gasteiger partial charge in [0.1, 0.15) is 22.6 Å². The summed E-state index contributed by atoms with van der Waals surface area (Å²) in [7, 11) is 0. The highest BCUT2D eigenvalue weighted by Crippen LogP contribution is 2.29. The SMILES string of the molecule is NC(=S)C1CN(c2cccc(C(F)(F)F)n2)CCO1. The van der Waals surface area contributed by atoms with Crippen LogP contribution in [0.25, 0.3) is 0 Å².